The summed E-state index contributed by atoms with van der Waals surface area (Å²) in [6.07, 6.45) is 0. The average Bonchev–Trinajstić information content (AvgIpc) is 3.99. The summed E-state index contributed by atoms with van der Waals surface area (Å²) in [4.78, 5) is 16.1. The first-order valence-electron chi connectivity index (χ1n) is 19.8. The van der Waals surface area contributed by atoms with Crippen LogP contribution in [0.5, 0.6) is 0 Å². The molecule has 6 heteroatoms. The largest absolute Gasteiger partial charge is 0.456 e. The molecule has 0 aliphatic heterocycles. The fourth-order valence-electron chi connectivity index (χ4n) is 9.21. The van der Waals surface area contributed by atoms with E-state index in [4.69, 9.17) is 19.4 Å². The van der Waals surface area contributed by atoms with Crippen molar-refractivity contribution in [2.24, 2.45) is 0 Å². The highest BCUT2D eigenvalue weighted by Gasteiger charge is 2.25. The van der Waals surface area contributed by atoms with Crippen molar-refractivity contribution < 1.29 is 4.42 Å². The Morgan fingerprint density at radius 3 is 1.78 bits per heavy atom. The van der Waals surface area contributed by atoms with Gasteiger partial charge in [0.05, 0.1) is 11.0 Å². The van der Waals surface area contributed by atoms with Crippen molar-refractivity contribution in [2.45, 2.75) is 0 Å². The van der Waals surface area contributed by atoms with Gasteiger partial charge < -0.3 is 4.42 Å². The van der Waals surface area contributed by atoms with Crippen LogP contribution in [0.25, 0.3) is 125 Å². The molecule has 4 heterocycles. The Kier molecular flexibility index (Phi) is 6.82. The van der Waals surface area contributed by atoms with Gasteiger partial charge in [-0.3, -0.25) is 4.57 Å². The molecular weight excluding hydrogens is 741 g/mol. The number of fused-ring (bicyclic) bond motifs is 15. The van der Waals surface area contributed by atoms with Crippen LogP contribution in [-0.4, -0.2) is 19.5 Å². The summed E-state index contributed by atoms with van der Waals surface area (Å²) in [6.45, 7) is 0. The Balaban J connectivity index is 1.16. The van der Waals surface area contributed by atoms with Crippen molar-refractivity contribution >= 4 is 96.8 Å². The molecule has 0 fully saturated rings. The Hall–Kier alpha value is -7.67. The molecule has 5 nitrogen and oxygen atoms in total. The van der Waals surface area contributed by atoms with Gasteiger partial charge >= 0.3 is 0 Å². The maximum atomic E-state index is 6.38. The lowest BCUT2D eigenvalue weighted by Crippen LogP contribution is -2.06. The lowest BCUT2D eigenvalue weighted by Gasteiger charge is -2.13. The third kappa shape index (κ3) is 4.81. The summed E-state index contributed by atoms with van der Waals surface area (Å²) < 4.78 is 11.2. The molecular formula is C53H30N4OS. The van der Waals surface area contributed by atoms with Gasteiger partial charge in [-0.15, -0.1) is 11.3 Å². The smallest absolute Gasteiger partial charge is 0.238 e. The van der Waals surface area contributed by atoms with Crippen LogP contribution in [0.15, 0.2) is 186 Å². The quantitative estimate of drug-likeness (QED) is 0.167. The summed E-state index contributed by atoms with van der Waals surface area (Å²) in [5, 5.41) is 11.8. The number of aromatic nitrogens is 4. The van der Waals surface area contributed by atoms with E-state index in [-0.39, 0.29) is 0 Å². The molecule has 0 saturated carbocycles. The van der Waals surface area contributed by atoms with Crippen molar-refractivity contribution in [1.29, 1.82) is 0 Å². The normalized spacial score (nSPS) is 12.1. The van der Waals surface area contributed by atoms with Gasteiger partial charge in [0, 0.05) is 58.2 Å². The molecule has 0 bridgehead atoms. The van der Waals surface area contributed by atoms with E-state index in [1.165, 1.54) is 47.1 Å². The van der Waals surface area contributed by atoms with Crippen LogP contribution in [-0.2, 0) is 0 Å². The van der Waals surface area contributed by atoms with Gasteiger partial charge in [-0.1, -0.05) is 146 Å². The van der Waals surface area contributed by atoms with Crippen LogP contribution in [0.4, 0.5) is 0 Å². The van der Waals surface area contributed by atoms with Crippen LogP contribution >= 0.6 is 11.3 Å². The van der Waals surface area contributed by atoms with E-state index < -0.39 is 0 Å². The van der Waals surface area contributed by atoms with E-state index in [0.29, 0.717) is 17.6 Å². The van der Waals surface area contributed by atoms with Crippen molar-refractivity contribution in [3.8, 4) is 39.9 Å². The number of furan rings is 1. The summed E-state index contributed by atoms with van der Waals surface area (Å²) in [5.74, 6) is 1.72. The van der Waals surface area contributed by atoms with Gasteiger partial charge in [0.15, 0.2) is 11.6 Å². The highest BCUT2D eigenvalue weighted by Crippen LogP contribution is 2.48. The molecule has 0 unspecified atom stereocenters. The van der Waals surface area contributed by atoms with Crippen LogP contribution in [0.1, 0.15) is 0 Å². The molecule has 13 rings (SSSR count). The van der Waals surface area contributed by atoms with Gasteiger partial charge in [0.2, 0.25) is 5.95 Å². The molecule has 0 N–H and O–H groups in total. The van der Waals surface area contributed by atoms with E-state index >= 15 is 0 Å². The summed E-state index contributed by atoms with van der Waals surface area (Å²) in [5.41, 5.74) is 7.82. The minimum Gasteiger partial charge on any atom is -0.456 e. The molecule has 0 aliphatic rings. The minimum atomic E-state index is 0.557. The SMILES string of the molecule is c1ccc(-c2ccc(-c3nc(-c4ccc5c(c4)oc4ccccc45)nc(-n4c5ccc6sc7ccccc7c6c5c5c6ccccc6c6ccccc6c54)n3)cc2)cc1. The number of hydrogen-bond donors (Lipinski definition) is 0. The first kappa shape index (κ1) is 32.4. The second-order valence-electron chi connectivity index (χ2n) is 15.1. The second-order valence-corrected chi connectivity index (χ2v) is 16.2. The van der Waals surface area contributed by atoms with Crippen LogP contribution in [0.2, 0.25) is 0 Å². The van der Waals surface area contributed by atoms with Crippen molar-refractivity contribution in [1.82, 2.24) is 19.5 Å². The van der Waals surface area contributed by atoms with Gasteiger partial charge in [-0.25, -0.2) is 4.98 Å². The number of nitrogens with zero attached hydrogens (tertiary/aromatic N) is 4. The van der Waals surface area contributed by atoms with Gasteiger partial charge in [0.25, 0.3) is 0 Å². The summed E-state index contributed by atoms with van der Waals surface area (Å²) in [7, 11) is 0. The topological polar surface area (TPSA) is 56.7 Å². The average molecular weight is 771 g/mol. The zero-order valence-electron chi connectivity index (χ0n) is 31.4. The standard InChI is InChI=1S/C53H30N4OS/c1-2-12-31(13-3-1)32-22-24-33(25-23-32)51-54-52(34-26-27-38-37-16-8-10-20-43(37)58-44(38)30-34)56-53(55-51)57-42-28-29-46-47(41-19-9-11-21-45(41)59-46)49(42)48-39-17-6-4-14-35(39)36-15-5-7-18-40(36)50(48)57/h1-30H. The zero-order valence-corrected chi connectivity index (χ0v) is 32.2. The van der Waals surface area contributed by atoms with E-state index in [0.717, 1.165) is 60.6 Å². The molecule has 0 amide bonds. The number of thiophene rings is 1. The van der Waals surface area contributed by atoms with Crippen LogP contribution < -0.4 is 0 Å². The van der Waals surface area contributed by atoms with E-state index in [1.54, 1.807) is 0 Å². The van der Waals surface area contributed by atoms with Crippen LogP contribution in [0.3, 0.4) is 0 Å². The third-order valence-corrected chi connectivity index (χ3v) is 13.0. The predicted octanol–water partition coefficient (Wildman–Crippen LogP) is 14.5. The van der Waals surface area contributed by atoms with E-state index in [1.807, 2.05) is 35.6 Å². The maximum absolute atomic E-state index is 6.38. The van der Waals surface area contributed by atoms with Crippen molar-refractivity contribution in [3.05, 3.63) is 182 Å². The Morgan fingerprint density at radius 2 is 0.966 bits per heavy atom. The lowest BCUT2D eigenvalue weighted by atomic mass is 9.95. The molecule has 59 heavy (non-hydrogen) atoms. The summed E-state index contributed by atoms with van der Waals surface area (Å²) >= 11 is 1.84. The molecule has 4 aromatic heterocycles. The number of hydrogen-bond acceptors (Lipinski definition) is 5. The zero-order chi connectivity index (χ0) is 38.6. The molecule has 0 spiro atoms. The molecule has 0 radical (unpaired) electrons. The van der Waals surface area contributed by atoms with Gasteiger partial charge in [-0.05, 0) is 63.7 Å². The Morgan fingerprint density at radius 1 is 0.373 bits per heavy atom. The highest BCUT2D eigenvalue weighted by atomic mass is 32.1. The fourth-order valence-corrected chi connectivity index (χ4v) is 10.3. The van der Waals surface area contributed by atoms with Crippen molar-refractivity contribution in [2.75, 3.05) is 0 Å². The molecule has 9 aromatic carbocycles. The van der Waals surface area contributed by atoms with Gasteiger partial charge in [0.1, 0.15) is 11.2 Å². The summed E-state index contributed by atoms with van der Waals surface area (Å²) in [6, 6.07) is 64.2. The Labute approximate surface area is 341 Å². The highest BCUT2D eigenvalue weighted by molar-refractivity contribution is 7.26. The molecule has 0 saturated heterocycles. The van der Waals surface area contributed by atoms with E-state index in [2.05, 4.69) is 162 Å². The minimum absolute atomic E-state index is 0.557. The fraction of sp³-hybridized carbons (Fsp3) is 0. The molecule has 0 aliphatic carbocycles. The second kappa shape index (κ2) is 12.4. The van der Waals surface area contributed by atoms with Crippen molar-refractivity contribution in [3.63, 3.8) is 0 Å². The lowest BCUT2D eigenvalue weighted by molar-refractivity contribution is 0.669. The third-order valence-electron chi connectivity index (χ3n) is 11.9. The monoisotopic (exact) mass is 770 g/mol. The maximum Gasteiger partial charge on any atom is 0.238 e. The molecule has 0 atom stereocenters. The first-order valence-corrected chi connectivity index (χ1v) is 20.6. The predicted molar refractivity (Wildman–Crippen MR) is 246 cm³/mol. The molecule has 274 valence electrons. The van der Waals surface area contributed by atoms with E-state index in [9.17, 15) is 0 Å². The molecule has 13 aromatic rings. The number of rotatable bonds is 4. The first-order chi connectivity index (χ1) is 29.2. The van der Waals surface area contributed by atoms with Crippen LogP contribution in [0, 0.1) is 0 Å². The van der Waals surface area contributed by atoms with Gasteiger partial charge in [-0.2, -0.15) is 9.97 Å². The Bertz CT molecular complexity index is 3840. The number of para-hydroxylation sites is 1. The number of benzene rings is 9.